The molecule has 2 aromatic rings. The van der Waals surface area contributed by atoms with E-state index in [0.29, 0.717) is 5.56 Å². The summed E-state index contributed by atoms with van der Waals surface area (Å²) in [5.41, 5.74) is 0.591. The van der Waals surface area contributed by atoms with Crippen LogP contribution in [0.25, 0.3) is 5.76 Å². The minimum absolute atomic E-state index is 0.00600. The number of hydrogen-bond donors (Lipinski definition) is 12. The highest BCUT2D eigenvalue weighted by atomic mass is 16.7. The number of allylic oxidation sites excluding steroid dienone is 1. The fourth-order valence-corrected chi connectivity index (χ4v) is 6.33. The molecule has 2 aromatic carbocycles. The summed E-state index contributed by atoms with van der Waals surface area (Å²) < 4.78 is 40.0. The molecule has 3 saturated heterocycles. The van der Waals surface area contributed by atoms with Gasteiger partial charge in [-0.2, -0.15) is 0 Å². The Morgan fingerprint density at radius 1 is 0.673 bits per heavy atom. The van der Waals surface area contributed by atoms with Crippen LogP contribution in [0.1, 0.15) is 18.1 Å². The van der Waals surface area contributed by atoms with Crippen molar-refractivity contribution in [3.05, 3.63) is 53.3 Å². The van der Waals surface area contributed by atoms with Crippen LogP contribution in [0, 0.1) is 0 Å². The highest BCUT2D eigenvalue weighted by Gasteiger charge is 2.51. The molecule has 4 aliphatic rings. The van der Waals surface area contributed by atoms with Gasteiger partial charge < -0.3 is 94.4 Å². The van der Waals surface area contributed by atoms with Crippen molar-refractivity contribution in [2.75, 3.05) is 13.2 Å². The molecular weight excluding hydrogens is 700 g/mol. The first-order valence-corrected chi connectivity index (χ1v) is 16.4. The average molecular weight is 743 g/mol. The molecule has 52 heavy (non-hydrogen) atoms. The first-order valence-electron chi connectivity index (χ1n) is 16.4. The van der Waals surface area contributed by atoms with E-state index in [1.54, 1.807) is 0 Å². The second-order valence-electron chi connectivity index (χ2n) is 13.0. The highest BCUT2D eigenvalue weighted by molar-refractivity contribution is 5.69. The number of benzene rings is 2. The predicted molar refractivity (Wildman–Crippen MR) is 168 cm³/mol. The summed E-state index contributed by atoms with van der Waals surface area (Å²) in [6.07, 6.45) is -24.6. The molecule has 4 aliphatic heterocycles. The average Bonchev–Trinajstić information content (AvgIpc) is 3.12. The Labute approximate surface area is 295 Å². The Balaban J connectivity index is 1.17. The summed E-state index contributed by atoms with van der Waals surface area (Å²) in [7, 11) is 0. The van der Waals surface area contributed by atoms with Crippen LogP contribution in [0.2, 0.25) is 0 Å². The van der Waals surface area contributed by atoms with Gasteiger partial charge in [0.2, 0.25) is 6.29 Å². The van der Waals surface area contributed by atoms with Crippen molar-refractivity contribution in [3.8, 4) is 23.0 Å². The zero-order valence-corrected chi connectivity index (χ0v) is 27.5. The van der Waals surface area contributed by atoms with Crippen LogP contribution in [0.5, 0.6) is 23.0 Å². The Bertz CT molecular complexity index is 1570. The molecule has 0 amide bonds. The van der Waals surface area contributed by atoms with Gasteiger partial charge in [0.15, 0.2) is 18.3 Å². The number of phenolic OH excluding ortho intramolecular Hbond substituents is 3. The van der Waals surface area contributed by atoms with Gasteiger partial charge in [-0.1, -0.05) is 0 Å². The number of aliphatic hydroxyl groups is 9. The molecule has 12 N–H and O–H groups in total. The van der Waals surface area contributed by atoms with Crippen LogP contribution in [0.15, 0.2) is 42.2 Å². The van der Waals surface area contributed by atoms with Crippen molar-refractivity contribution in [1.82, 2.24) is 0 Å². The number of hydrogen-bond acceptors (Lipinski definition) is 19. The lowest BCUT2D eigenvalue weighted by Crippen LogP contribution is -2.64. The van der Waals surface area contributed by atoms with E-state index in [1.807, 2.05) is 0 Å². The molecule has 0 bridgehead atoms. The lowest BCUT2D eigenvalue weighted by Gasteiger charge is -2.46. The fraction of sp³-hybridized carbons (Fsp3) is 0.576. The molecule has 3 fully saturated rings. The summed E-state index contributed by atoms with van der Waals surface area (Å²) in [6, 6.07) is 8.10. The predicted octanol–water partition coefficient (Wildman–Crippen LogP) is -3.40. The van der Waals surface area contributed by atoms with Gasteiger partial charge in [-0.3, -0.25) is 0 Å². The van der Waals surface area contributed by atoms with E-state index in [4.69, 9.17) is 33.2 Å². The highest BCUT2D eigenvalue weighted by Crippen LogP contribution is 2.43. The van der Waals surface area contributed by atoms with Crippen LogP contribution in [-0.4, -0.2) is 167 Å². The number of fused-ring (bicyclic) bond motifs is 1. The zero-order chi connectivity index (χ0) is 37.6. The van der Waals surface area contributed by atoms with Gasteiger partial charge in [-0.25, -0.2) is 0 Å². The first kappa shape index (κ1) is 38.3. The van der Waals surface area contributed by atoms with E-state index in [1.165, 1.54) is 37.3 Å². The fourth-order valence-electron chi connectivity index (χ4n) is 6.33. The normalized spacial score (nSPS) is 39.5. The second-order valence-corrected chi connectivity index (χ2v) is 13.0. The molecule has 15 unspecified atom stereocenters. The SMILES string of the molecule is CC1OC(OCC2OC(OC3=C(c4ccc(O)cc4)Oc4cc(O)cc(O)c4C3)C(O)C(O)C2O)C(O)C(OC2OC(CO)C(O)C(O)C2O)C1O. The quantitative estimate of drug-likeness (QED) is 0.119. The Morgan fingerprint density at radius 3 is 1.98 bits per heavy atom. The number of aliphatic hydroxyl groups excluding tert-OH is 9. The third kappa shape index (κ3) is 7.52. The first-order chi connectivity index (χ1) is 24.7. The summed E-state index contributed by atoms with van der Waals surface area (Å²) in [5.74, 6) is -0.510. The maximum absolute atomic E-state index is 11.1. The van der Waals surface area contributed by atoms with Gasteiger partial charge >= 0.3 is 0 Å². The topological polar surface area (TPSA) is 307 Å². The molecule has 0 radical (unpaired) electrons. The number of ether oxygens (including phenoxy) is 7. The third-order valence-corrected chi connectivity index (χ3v) is 9.38. The molecule has 19 heteroatoms. The lowest BCUT2D eigenvalue weighted by molar-refractivity contribution is -0.362. The van der Waals surface area contributed by atoms with Gasteiger partial charge in [-0.05, 0) is 31.2 Å². The Morgan fingerprint density at radius 2 is 1.31 bits per heavy atom. The van der Waals surface area contributed by atoms with Gasteiger partial charge in [0.25, 0.3) is 0 Å². The van der Waals surface area contributed by atoms with E-state index in [-0.39, 0.29) is 46.5 Å². The molecule has 0 aliphatic carbocycles. The molecule has 4 heterocycles. The van der Waals surface area contributed by atoms with Gasteiger partial charge in [-0.15, -0.1) is 0 Å². The second kappa shape index (κ2) is 15.5. The lowest BCUT2D eigenvalue weighted by atomic mass is 9.97. The van der Waals surface area contributed by atoms with E-state index in [0.717, 1.165) is 6.07 Å². The van der Waals surface area contributed by atoms with Crippen molar-refractivity contribution >= 4 is 5.76 Å². The number of aromatic hydroxyl groups is 3. The van der Waals surface area contributed by atoms with Crippen molar-refractivity contribution in [2.45, 2.75) is 105 Å². The largest absolute Gasteiger partial charge is 0.508 e. The van der Waals surface area contributed by atoms with Gasteiger partial charge in [0, 0.05) is 29.7 Å². The zero-order valence-electron chi connectivity index (χ0n) is 27.5. The monoisotopic (exact) mass is 742 g/mol. The molecule has 15 atom stereocenters. The minimum atomic E-state index is -1.85. The van der Waals surface area contributed by atoms with Gasteiger partial charge in [0.05, 0.1) is 19.3 Å². The van der Waals surface area contributed by atoms with E-state index >= 15 is 0 Å². The van der Waals surface area contributed by atoms with Crippen molar-refractivity contribution < 1.29 is 94.4 Å². The molecular formula is C33H42O19. The molecule has 288 valence electrons. The summed E-state index contributed by atoms with van der Waals surface area (Å²) in [6.45, 7) is 0.0599. The summed E-state index contributed by atoms with van der Waals surface area (Å²) in [4.78, 5) is 0. The summed E-state index contributed by atoms with van der Waals surface area (Å²) in [5, 5.41) is 125. The minimum Gasteiger partial charge on any atom is -0.508 e. The molecule has 6 rings (SSSR count). The van der Waals surface area contributed by atoms with E-state index in [2.05, 4.69) is 0 Å². The molecule has 0 saturated carbocycles. The molecule has 0 spiro atoms. The van der Waals surface area contributed by atoms with Crippen molar-refractivity contribution in [2.24, 2.45) is 0 Å². The molecule has 19 nitrogen and oxygen atoms in total. The summed E-state index contributed by atoms with van der Waals surface area (Å²) >= 11 is 0. The van der Waals surface area contributed by atoms with E-state index < -0.39 is 105 Å². The van der Waals surface area contributed by atoms with Crippen LogP contribution in [0.3, 0.4) is 0 Å². The van der Waals surface area contributed by atoms with Crippen molar-refractivity contribution in [3.63, 3.8) is 0 Å². The number of phenols is 3. The smallest absolute Gasteiger partial charge is 0.228 e. The van der Waals surface area contributed by atoms with Crippen LogP contribution >= 0.6 is 0 Å². The maximum atomic E-state index is 11.1. The van der Waals surface area contributed by atoms with Crippen LogP contribution in [0.4, 0.5) is 0 Å². The van der Waals surface area contributed by atoms with Crippen LogP contribution in [-0.2, 0) is 34.8 Å². The van der Waals surface area contributed by atoms with Gasteiger partial charge in [0.1, 0.15) is 95.9 Å². The van der Waals surface area contributed by atoms with Crippen molar-refractivity contribution in [1.29, 1.82) is 0 Å². The van der Waals surface area contributed by atoms with E-state index in [9.17, 15) is 61.3 Å². The van der Waals surface area contributed by atoms with Crippen LogP contribution < -0.4 is 4.74 Å². The standard InChI is InChI=1S/C33H42O19/c1-11-21(38)30(52-33-27(44)24(41)22(39)19(9-34)50-33)28(45)31(47-11)46-10-20-23(40)25(42)26(43)32(51-20)49-18-8-15-16(37)6-14(36)7-17(15)48-29(18)12-2-4-13(35)5-3-12/h2-7,11,19-28,30-45H,8-10H2,1H3. The number of rotatable bonds is 9. The Kier molecular flexibility index (Phi) is 11.5. The maximum Gasteiger partial charge on any atom is 0.228 e. The molecule has 0 aromatic heterocycles. The Hall–Kier alpha value is -3.38. The third-order valence-electron chi connectivity index (χ3n) is 9.38.